The number of hydrogen-bond donors (Lipinski definition) is 1. The van der Waals surface area contributed by atoms with Crippen molar-refractivity contribution in [3.8, 4) is 0 Å². The van der Waals surface area contributed by atoms with Gasteiger partial charge in [-0.1, -0.05) is 57.1 Å². The molecule has 1 aromatic rings. The molecule has 1 aliphatic heterocycles. The molecule has 2 amide bonds. The summed E-state index contributed by atoms with van der Waals surface area (Å²) in [5.74, 6) is -0.310. The van der Waals surface area contributed by atoms with E-state index in [2.05, 4.69) is 0 Å². The van der Waals surface area contributed by atoms with E-state index in [1.807, 2.05) is 0 Å². The molecule has 0 fully saturated rings. The van der Waals surface area contributed by atoms with Crippen LogP contribution in [0, 0.1) is 0 Å². The van der Waals surface area contributed by atoms with Gasteiger partial charge in [0.05, 0.1) is 11.1 Å². The van der Waals surface area contributed by atoms with E-state index in [0.29, 0.717) is 23.7 Å². The number of unbranched alkanes of at least 4 members (excludes halogenated alkanes) is 8. The minimum atomic E-state index is -2.88. The van der Waals surface area contributed by atoms with Crippen molar-refractivity contribution in [1.29, 1.82) is 0 Å². The first-order valence-corrected chi connectivity index (χ1v) is 12.3. The van der Waals surface area contributed by atoms with Gasteiger partial charge in [0.15, 0.2) is 0 Å². The highest BCUT2D eigenvalue weighted by Crippen LogP contribution is 2.23. The fraction of sp³-hybridized carbons (Fsp3) is 0.619. The van der Waals surface area contributed by atoms with Gasteiger partial charge < -0.3 is 13.6 Å². The number of carbonyl (C=O) groups is 2. The molecule has 0 atom stereocenters. The van der Waals surface area contributed by atoms with Gasteiger partial charge in [-0.05, 0) is 25.0 Å². The molecule has 1 aliphatic rings. The number of amides is 2. The Kier molecular flexibility index (Phi) is 9.31. The molecule has 1 heterocycles. The standard InChI is InChI=1S/C21H33NO5Si/c1-26-28(25,27-2)17-13-9-7-5-3-4-6-8-12-16-22-20(23)18-14-10-11-15-19(18)21(22)24/h10-11,14-15,25H,3-9,12-13,16-17H2,1-2H3. The second kappa shape index (κ2) is 11.5. The predicted molar refractivity (Wildman–Crippen MR) is 110 cm³/mol. The molecule has 28 heavy (non-hydrogen) atoms. The van der Waals surface area contributed by atoms with Crippen LogP contribution in [0.2, 0.25) is 6.04 Å². The minimum Gasteiger partial charge on any atom is -0.390 e. The summed E-state index contributed by atoms with van der Waals surface area (Å²) in [5.41, 5.74) is 1.06. The summed E-state index contributed by atoms with van der Waals surface area (Å²) in [7, 11) is 0.127. The lowest BCUT2D eigenvalue weighted by molar-refractivity contribution is 0.0651. The summed E-state index contributed by atoms with van der Waals surface area (Å²) < 4.78 is 10.1. The fourth-order valence-electron chi connectivity index (χ4n) is 3.59. The summed E-state index contributed by atoms with van der Waals surface area (Å²) in [6, 6.07) is 7.67. The average Bonchev–Trinajstić information content (AvgIpc) is 2.96. The maximum Gasteiger partial charge on any atom is 0.497 e. The van der Waals surface area contributed by atoms with Crippen LogP contribution >= 0.6 is 0 Å². The normalized spacial score (nSPS) is 14.0. The van der Waals surface area contributed by atoms with E-state index in [1.165, 1.54) is 38.4 Å². The van der Waals surface area contributed by atoms with Crippen molar-refractivity contribution in [3.05, 3.63) is 35.4 Å². The van der Waals surface area contributed by atoms with Crippen LogP contribution in [-0.2, 0) is 8.85 Å². The van der Waals surface area contributed by atoms with E-state index in [9.17, 15) is 14.4 Å². The van der Waals surface area contributed by atoms with Crippen molar-refractivity contribution in [3.63, 3.8) is 0 Å². The SMILES string of the molecule is CO[Si](O)(CCCCCCCCCCCN1C(=O)c2ccccc2C1=O)OC. The molecule has 0 saturated carbocycles. The third-order valence-electron chi connectivity index (χ3n) is 5.39. The molecule has 156 valence electrons. The molecule has 0 aliphatic carbocycles. The maximum atomic E-state index is 12.3. The highest BCUT2D eigenvalue weighted by atomic mass is 28.4. The Balaban J connectivity index is 1.48. The van der Waals surface area contributed by atoms with Crippen LogP contribution in [0.15, 0.2) is 24.3 Å². The van der Waals surface area contributed by atoms with Gasteiger partial charge >= 0.3 is 8.80 Å². The van der Waals surface area contributed by atoms with E-state index in [4.69, 9.17) is 8.85 Å². The highest BCUT2D eigenvalue weighted by Gasteiger charge is 2.34. The van der Waals surface area contributed by atoms with Crippen LogP contribution in [0.5, 0.6) is 0 Å². The first-order chi connectivity index (χ1) is 13.5. The van der Waals surface area contributed by atoms with Crippen LogP contribution < -0.4 is 0 Å². The average molecular weight is 408 g/mol. The molecule has 0 unspecified atom stereocenters. The lowest BCUT2D eigenvalue weighted by Crippen LogP contribution is -2.39. The zero-order chi connectivity index (χ0) is 20.4. The molecule has 0 saturated heterocycles. The largest absolute Gasteiger partial charge is 0.497 e. The van der Waals surface area contributed by atoms with Crippen LogP contribution in [0.25, 0.3) is 0 Å². The van der Waals surface area contributed by atoms with Crippen molar-refractivity contribution in [2.45, 2.75) is 63.8 Å². The Labute approximate surface area is 169 Å². The van der Waals surface area contributed by atoms with Crippen molar-refractivity contribution < 1.29 is 23.2 Å². The van der Waals surface area contributed by atoms with Gasteiger partial charge in [0.1, 0.15) is 0 Å². The quantitative estimate of drug-likeness (QED) is 0.286. The number of rotatable bonds is 14. The summed E-state index contributed by atoms with van der Waals surface area (Å²) in [5, 5.41) is 0. The third kappa shape index (κ3) is 6.24. The summed E-state index contributed by atoms with van der Waals surface area (Å²) in [4.78, 5) is 35.9. The molecule has 0 aromatic heterocycles. The second-order valence-electron chi connectivity index (χ2n) is 7.36. The summed E-state index contributed by atoms with van der Waals surface area (Å²) in [6.45, 7) is 0.512. The van der Waals surface area contributed by atoms with Gasteiger partial charge in [-0.2, -0.15) is 0 Å². The van der Waals surface area contributed by atoms with Crippen molar-refractivity contribution in [1.82, 2.24) is 4.90 Å². The molecule has 2 rings (SSSR count). The van der Waals surface area contributed by atoms with Gasteiger partial charge in [-0.25, -0.2) is 0 Å². The molecule has 1 aromatic carbocycles. The number of fused-ring (bicyclic) bond motifs is 1. The summed E-state index contributed by atoms with van der Waals surface area (Å²) in [6.07, 6.45) is 9.78. The third-order valence-corrected chi connectivity index (χ3v) is 7.65. The minimum absolute atomic E-state index is 0.155. The van der Waals surface area contributed by atoms with Gasteiger partial charge in [0.25, 0.3) is 11.8 Å². The van der Waals surface area contributed by atoms with E-state index in [-0.39, 0.29) is 11.8 Å². The number of nitrogens with zero attached hydrogens (tertiary/aromatic N) is 1. The number of benzene rings is 1. The number of carbonyl (C=O) groups excluding carboxylic acids is 2. The monoisotopic (exact) mass is 407 g/mol. The predicted octanol–water partition coefficient (Wildman–Crippen LogP) is 4.02. The molecule has 0 spiro atoms. The van der Waals surface area contributed by atoms with Gasteiger partial charge in [0.2, 0.25) is 0 Å². The van der Waals surface area contributed by atoms with Crippen LogP contribution in [0.3, 0.4) is 0 Å². The van der Waals surface area contributed by atoms with Crippen molar-refractivity contribution >= 4 is 20.6 Å². The molecular weight excluding hydrogens is 374 g/mol. The topological polar surface area (TPSA) is 76.1 Å². The highest BCUT2D eigenvalue weighted by molar-refractivity contribution is 6.59. The van der Waals surface area contributed by atoms with E-state index in [1.54, 1.807) is 24.3 Å². The Morgan fingerprint density at radius 1 is 0.786 bits per heavy atom. The van der Waals surface area contributed by atoms with Crippen LogP contribution in [0.4, 0.5) is 0 Å². The second-order valence-corrected chi connectivity index (χ2v) is 10.1. The summed E-state index contributed by atoms with van der Waals surface area (Å²) >= 11 is 0. The van der Waals surface area contributed by atoms with Gasteiger partial charge in [-0.3, -0.25) is 14.5 Å². The Hall–Kier alpha value is -1.54. The van der Waals surface area contributed by atoms with Crippen molar-refractivity contribution in [2.24, 2.45) is 0 Å². The first-order valence-electron chi connectivity index (χ1n) is 10.3. The van der Waals surface area contributed by atoms with Crippen LogP contribution in [0.1, 0.15) is 78.5 Å². The van der Waals surface area contributed by atoms with Gasteiger partial charge in [0, 0.05) is 26.8 Å². The zero-order valence-electron chi connectivity index (χ0n) is 17.1. The molecule has 7 heteroatoms. The van der Waals surface area contributed by atoms with E-state index < -0.39 is 8.80 Å². The van der Waals surface area contributed by atoms with Crippen LogP contribution in [-0.4, -0.2) is 51.1 Å². The zero-order valence-corrected chi connectivity index (χ0v) is 18.1. The van der Waals surface area contributed by atoms with Gasteiger partial charge in [-0.15, -0.1) is 0 Å². The lowest BCUT2D eigenvalue weighted by Gasteiger charge is -2.19. The smallest absolute Gasteiger partial charge is 0.390 e. The lowest BCUT2D eigenvalue weighted by atomic mass is 10.1. The Morgan fingerprint density at radius 2 is 1.21 bits per heavy atom. The Bertz CT molecular complexity index is 612. The van der Waals surface area contributed by atoms with Crippen molar-refractivity contribution in [2.75, 3.05) is 20.8 Å². The molecule has 6 nitrogen and oxygen atoms in total. The Morgan fingerprint density at radius 3 is 1.68 bits per heavy atom. The van der Waals surface area contributed by atoms with E-state index in [0.717, 1.165) is 38.5 Å². The first kappa shape index (κ1) is 22.7. The molecule has 0 radical (unpaired) electrons. The maximum absolute atomic E-state index is 12.3. The molecule has 0 bridgehead atoms. The molecular formula is C21H33NO5Si. The number of imide groups is 1. The van der Waals surface area contributed by atoms with E-state index >= 15 is 0 Å². The fourth-order valence-corrected chi connectivity index (χ4v) is 4.86. The molecule has 1 N–H and O–H groups in total. The number of hydrogen-bond acceptors (Lipinski definition) is 5.